The molecule has 2 rings (SSSR count). The molecule has 0 saturated heterocycles. The zero-order valence-corrected chi connectivity index (χ0v) is 14.1. The summed E-state index contributed by atoms with van der Waals surface area (Å²) < 4.78 is 5.67. The lowest BCUT2D eigenvalue weighted by atomic mass is 10.1. The standard InChI is InChI=1S/C17H17ClN2O4/c1-10-7-13(8-11(2)17(10)18)24-15-5-3-12(9-19-15)20-14(21)4-6-16(22)23/h3,5,7-9H,4,6H2,1-2H3,(H,20,21)(H,22,23). The van der Waals surface area contributed by atoms with Gasteiger partial charge in [0.15, 0.2) is 0 Å². The maximum absolute atomic E-state index is 11.6. The van der Waals surface area contributed by atoms with Crippen molar-refractivity contribution in [1.82, 2.24) is 4.98 Å². The normalized spacial score (nSPS) is 10.3. The highest BCUT2D eigenvalue weighted by Crippen LogP contribution is 2.28. The Morgan fingerprint density at radius 1 is 1.21 bits per heavy atom. The summed E-state index contributed by atoms with van der Waals surface area (Å²) in [6.45, 7) is 3.79. The van der Waals surface area contributed by atoms with Gasteiger partial charge in [0, 0.05) is 17.5 Å². The van der Waals surface area contributed by atoms with E-state index in [1.807, 2.05) is 26.0 Å². The van der Waals surface area contributed by atoms with E-state index in [-0.39, 0.29) is 18.7 Å². The Bertz CT molecular complexity index is 737. The van der Waals surface area contributed by atoms with Gasteiger partial charge in [-0.3, -0.25) is 9.59 Å². The van der Waals surface area contributed by atoms with Gasteiger partial charge in [0.25, 0.3) is 0 Å². The van der Waals surface area contributed by atoms with Crippen molar-refractivity contribution in [2.75, 3.05) is 5.32 Å². The van der Waals surface area contributed by atoms with Gasteiger partial charge in [0.1, 0.15) is 5.75 Å². The third kappa shape index (κ3) is 4.96. The maximum Gasteiger partial charge on any atom is 0.303 e. The topological polar surface area (TPSA) is 88.5 Å². The van der Waals surface area contributed by atoms with Crippen molar-refractivity contribution in [2.24, 2.45) is 0 Å². The van der Waals surface area contributed by atoms with Gasteiger partial charge in [-0.25, -0.2) is 4.98 Å². The van der Waals surface area contributed by atoms with Crippen molar-refractivity contribution in [1.29, 1.82) is 0 Å². The second kappa shape index (κ2) is 7.79. The van der Waals surface area contributed by atoms with Crippen molar-refractivity contribution in [3.05, 3.63) is 46.6 Å². The second-order valence-electron chi connectivity index (χ2n) is 5.30. The Labute approximate surface area is 144 Å². The van der Waals surface area contributed by atoms with Gasteiger partial charge in [-0.2, -0.15) is 0 Å². The number of carboxylic acids is 1. The first-order chi connectivity index (χ1) is 11.3. The molecule has 1 amide bonds. The van der Waals surface area contributed by atoms with Crippen LogP contribution in [0, 0.1) is 13.8 Å². The van der Waals surface area contributed by atoms with Gasteiger partial charge in [0.2, 0.25) is 11.8 Å². The van der Waals surface area contributed by atoms with Crippen LogP contribution in [0.3, 0.4) is 0 Å². The van der Waals surface area contributed by atoms with Crippen LogP contribution < -0.4 is 10.1 Å². The summed E-state index contributed by atoms with van der Waals surface area (Å²) in [5, 5.41) is 11.8. The van der Waals surface area contributed by atoms with Crippen molar-refractivity contribution in [3.8, 4) is 11.6 Å². The van der Waals surface area contributed by atoms with Gasteiger partial charge >= 0.3 is 5.97 Å². The number of rotatable bonds is 6. The number of nitrogens with zero attached hydrogens (tertiary/aromatic N) is 1. The molecule has 6 nitrogen and oxygen atoms in total. The zero-order valence-electron chi connectivity index (χ0n) is 13.3. The minimum atomic E-state index is -1.01. The molecule has 0 aliphatic carbocycles. The number of anilines is 1. The summed E-state index contributed by atoms with van der Waals surface area (Å²) in [4.78, 5) is 26.1. The van der Waals surface area contributed by atoms with Crippen LogP contribution in [0.15, 0.2) is 30.5 Å². The number of aryl methyl sites for hydroxylation is 2. The van der Waals surface area contributed by atoms with Crippen molar-refractivity contribution in [3.63, 3.8) is 0 Å². The smallest absolute Gasteiger partial charge is 0.303 e. The number of carboxylic acid groups (broad SMARTS) is 1. The van der Waals surface area contributed by atoms with Crippen LogP contribution in [-0.4, -0.2) is 22.0 Å². The number of aliphatic carboxylic acids is 1. The number of nitrogens with one attached hydrogen (secondary N) is 1. The first-order valence-corrected chi connectivity index (χ1v) is 7.65. The van der Waals surface area contributed by atoms with Crippen LogP contribution in [-0.2, 0) is 9.59 Å². The average Bonchev–Trinajstić information content (AvgIpc) is 2.52. The van der Waals surface area contributed by atoms with Crippen LogP contribution in [0.5, 0.6) is 11.6 Å². The molecule has 0 aliphatic rings. The number of hydrogen-bond acceptors (Lipinski definition) is 4. The molecule has 2 aromatic rings. The number of aromatic nitrogens is 1. The highest BCUT2D eigenvalue weighted by atomic mass is 35.5. The molecular weight excluding hydrogens is 332 g/mol. The molecule has 7 heteroatoms. The molecule has 0 fully saturated rings. The molecule has 1 aromatic heterocycles. The average molecular weight is 349 g/mol. The lowest BCUT2D eigenvalue weighted by molar-refractivity contribution is -0.138. The first-order valence-electron chi connectivity index (χ1n) is 7.27. The molecule has 0 bridgehead atoms. The van der Waals surface area contributed by atoms with E-state index in [0.717, 1.165) is 11.1 Å². The van der Waals surface area contributed by atoms with E-state index in [0.29, 0.717) is 22.3 Å². The molecule has 1 aromatic carbocycles. The van der Waals surface area contributed by atoms with E-state index < -0.39 is 5.97 Å². The number of ether oxygens (including phenoxy) is 1. The summed E-state index contributed by atoms with van der Waals surface area (Å²) in [5.74, 6) is -0.391. The van der Waals surface area contributed by atoms with Crippen LogP contribution in [0.25, 0.3) is 0 Å². The van der Waals surface area contributed by atoms with E-state index in [2.05, 4.69) is 10.3 Å². The second-order valence-corrected chi connectivity index (χ2v) is 5.68. The number of halogens is 1. The van der Waals surface area contributed by atoms with Crippen LogP contribution >= 0.6 is 11.6 Å². The third-order valence-corrected chi connectivity index (χ3v) is 3.81. The van der Waals surface area contributed by atoms with Gasteiger partial charge in [-0.05, 0) is 43.2 Å². The molecule has 126 valence electrons. The van der Waals surface area contributed by atoms with E-state index in [1.165, 1.54) is 6.20 Å². The largest absolute Gasteiger partial charge is 0.481 e. The van der Waals surface area contributed by atoms with Crippen molar-refractivity contribution < 1.29 is 19.4 Å². The molecule has 0 unspecified atom stereocenters. The fourth-order valence-electron chi connectivity index (χ4n) is 2.04. The maximum atomic E-state index is 11.6. The molecule has 0 radical (unpaired) electrons. The molecule has 1 heterocycles. The number of amides is 1. The van der Waals surface area contributed by atoms with Crippen LogP contribution in [0.4, 0.5) is 5.69 Å². The summed E-state index contributed by atoms with van der Waals surface area (Å²) >= 11 is 6.12. The van der Waals surface area contributed by atoms with E-state index in [9.17, 15) is 9.59 Å². The third-order valence-electron chi connectivity index (χ3n) is 3.22. The minimum absolute atomic E-state index is 0.0864. The molecule has 0 saturated carbocycles. The monoisotopic (exact) mass is 348 g/mol. The Balaban J connectivity index is 1.99. The van der Waals surface area contributed by atoms with E-state index >= 15 is 0 Å². The summed E-state index contributed by atoms with van der Waals surface area (Å²) in [6.07, 6.45) is 1.15. The van der Waals surface area contributed by atoms with Crippen molar-refractivity contribution >= 4 is 29.2 Å². The number of carbonyl (C=O) groups excluding carboxylic acids is 1. The van der Waals surface area contributed by atoms with Crippen LogP contribution in [0.2, 0.25) is 5.02 Å². The van der Waals surface area contributed by atoms with E-state index in [1.54, 1.807) is 12.1 Å². The first kappa shape index (κ1) is 17.7. The quantitative estimate of drug-likeness (QED) is 0.825. The molecular formula is C17H17ClN2O4. The molecule has 24 heavy (non-hydrogen) atoms. The lowest BCUT2D eigenvalue weighted by Gasteiger charge is -2.09. The number of benzene rings is 1. The fraction of sp³-hybridized carbons (Fsp3) is 0.235. The molecule has 2 N–H and O–H groups in total. The fourth-order valence-corrected chi connectivity index (χ4v) is 2.15. The Kier molecular flexibility index (Phi) is 5.76. The summed E-state index contributed by atoms with van der Waals surface area (Å²) in [7, 11) is 0. The predicted molar refractivity (Wildman–Crippen MR) is 90.7 cm³/mol. The number of pyridine rings is 1. The lowest BCUT2D eigenvalue weighted by Crippen LogP contribution is -2.13. The molecule has 0 spiro atoms. The Morgan fingerprint density at radius 3 is 2.42 bits per heavy atom. The van der Waals surface area contributed by atoms with Gasteiger partial charge < -0.3 is 15.2 Å². The van der Waals surface area contributed by atoms with Gasteiger partial charge in [0.05, 0.1) is 18.3 Å². The Hall–Kier alpha value is -2.60. The van der Waals surface area contributed by atoms with Crippen LogP contribution in [0.1, 0.15) is 24.0 Å². The zero-order chi connectivity index (χ0) is 17.7. The highest BCUT2D eigenvalue weighted by molar-refractivity contribution is 6.32. The number of carbonyl (C=O) groups is 2. The summed E-state index contributed by atoms with van der Waals surface area (Å²) in [6, 6.07) is 6.89. The molecule has 0 atom stereocenters. The summed E-state index contributed by atoms with van der Waals surface area (Å²) in [5.41, 5.74) is 2.30. The Morgan fingerprint density at radius 2 is 1.88 bits per heavy atom. The van der Waals surface area contributed by atoms with Crippen molar-refractivity contribution in [2.45, 2.75) is 26.7 Å². The SMILES string of the molecule is Cc1cc(Oc2ccc(NC(=O)CCC(=O)O)cn2)cc(C)c1Cl. The van der Waals surface area contributed by atoms with Gasteiger partial charge in [-0.15, -0.1) is 0 Å². The van der Waals surface area contributed by atoms with Gasteiger partial charge in [-0.1, -0.05) is 11.6 Å². The number of hydrogen-bond donors (Lipinski definition) is 2. The molecule has 0 aliphatic heterocycles. The van der Waals surface area contributed by atoms with E-state index in [4.69, 9.17) is 21.4 Å². The minimum Gasteiger partial charge on any atom is -0.481 e. The highest BCUT2D eigenvalue weighted by Gasteiger charge is 2.08. The predicted octanol–water partition coefficient (Wildman–Crippen LogP) is 3.95.